The standard InChI is InChI=1S/C20H20N6.C19H20N6O.C19H19N5O/c1-12-10-21-13(2)19-23-18(24-26(12)19)15-9-16(15)20-22-17(11-25(20)3)14-7-5-4-6-8-14;1-10-9-20-11(2)18-22-17(23-25(10)18)12-8-13(12)19-21-16-14(24(19)3)6-5-7-15(16)26-4;1-10-9-20-11(2)19-22-18(23-24(10)19)14-8-13(14)15-7-12-5-4-6-16(25-3)17(12)21-15/h4-8,10-11,15-16H,9H2,1-3H3;5-7,9,12-13H,8H2,1-4H3;4-6,9,13-14H,7-8H2,1-3H3/t15-,16-;;/m1../s1. The Morgan fingerprint density at radius 1 is 0.506 bits per heavy atom. The fourth-order valence-electron chi connectivity index (χ4n) is 11.1. The van der Waals surface area contributed by atoms with Crippen LogP contribution in [-0.2, 0) is 20.5 Å². The van der Waals surface area contributed by atoms with Gasteiger partial charge in [0.25, 0.3) is 0 Å². The molecule has 9 heterocycles. The summed E-state index contributed by atoms with van der Waals surface area (Å²) in [4.78, 5) is 42.1. The molecule has 0 saturated heterocycles. The summed E-state index contributed by atoms with van der Waals surface area (Å²) in [5, 5.41) is 14.2. The van der Waals surface area contributed by atoms with Gasteiger partial charge in [-0.1, -0.05) is 48.5 Å². The maximum atomic E-state index is 5.46. The van der Waals surface area contributed by atoms with Crippen LogP contribution in [0.25, 0.3) is 39.2 Å². The molecule has 77 heavy (non-hydrogen) atoms. The highest BCUT2D eigenvalue weighted by Crippen LogP contribution is 2.55. The Hall–Kier alpha value is -8.74. The fourth-order valence-corrected chi connectivity index (χ4v) is 11.1. The lowest BCUT2D eigenvalue weighted by molar-refractivity contribution is 0.416. The highest BCUT2D eigenvalue weighted by molar-refractivity contribution is 5.99. The van der Waals surface area contributed by atoms with Gasteiger partial charge in [-0.05, 0) is 84.6 Å². The first-order chi connectivity index (χ1) is 37.3. The number of rotatable bonds is 9. The Balaban J connectivity index is 0.000000110. The van der Waals surface area contributed by atoms with Gasteiger partial charge in [0.2, 0.25) is 0 Å². The van der Waals surface area contributed by atoms with E-state index in [1.165, 1.54) is 11.3 Å². The van der Waals surface area contributed by atoms with E-state index in [0.717, 1.165) is 145 Å². The van der Waals surface area contributed by atoms with Crippen molar-refractivity contribution in [1.29, 1.82) is 0 Å². The summed E-state index contributed by atoms with van der Waals surface area (Å²) in [6.45, 7) is 11.9. The van der Waals surface area contributed by atoms with Gasteiger partial charge in [-0.2, -0.15) is 15.3 Å². The second-order valence-electron chi connectivity index (χ2n) is 21.0. The lowest BCUT2D eigenvalue weighted by atomic mass is 10.1. The average Bonchev–Trinajstić information content (AvgIpc) is 4.29. The summed E-state index contributed by atoms with van der Waals surface area (Å²) in [6, 6.07) is 22.5. The number of ether oxygens (including phenoxy) is 2. The number of aliphatic imine (C=N–C) groups is 1. The monoisotopic (exact) mass is 1030 g/mol. The van der Waals surface area contributed by atoms with Crippen LogP contribution in [0.5, 0.6) is 11.5 Å². The molecule has 15 rings (SSSR count). The third-order valence-electron chi connectivity index (χ3n) is 15.7. The Kier molecular flexibility index (Phi) is 11.5. The normalized spacial score (nSPS) is 19.9. The highest BCUT2D eigenvalue weighted by atomic mass is 16.5. The van der Waals surface area contributed by atoms with Gasteiger partial charge < -0.3 is 18.6 Å². The van der Waals surface area contributed by atoms with Crippen LogP contribution in [0.15, 0.2) is 96.5 Å². The molecule has 0 bridgehead atoms. The molecule has 1 aliphatic heterocycles. The van der Waals surface area contributed by atoms with Gasteiger partial charge >= 0.3 is 0 Å². The molecule has 3 aromatic carbocycles. The van der Waals surface area contributed by atoms with Crippen molar-refractivity contribution in [2.24, 2.45) is 25.0 Å². The number of benzene rings is 3. The van der Waals surface area contributed by atoms with E-state index in [-0.39, 0.29) is 0 Å². The molecule has 4 aliphatic rings. The number of aromatic nitrogens is 16. The molecular weight excluding hydrogens is 967 g/mol. The molecule has 3 fully saturated rings. The van der Waals surface area contributed by atoms with Crippen molar-refractivity contribution >= 4 is 39.4 Å². The van der Waals surface area contributed by atoms with Crippen LogP contribution >= 0.6 is 0 Å². The van der Waals surface area contributed by atoms with E-state index < -0.39 is 0 Å². The topological polar surface area (TPSA) is 196 Å². The first-order valence-corrected chi connectivity index (χ1v) is 26.2. The molecule has 388 valence electrons. The summed E-state index contributed by atoms with van der Waals surface area (Å²) in [5.41, 5.74) is 15.9. The van der Waals surface area contributed by atoms with Crippen LogP contribution in [0.4, 0.5) is 5.69 Å². The van der Waals surface area contributed by atoms with Gasteiger partial charge in [-0.15, -0.1) is 0 Å². The van der Waals surface area contributed by atoms with Crippen LogP contribution < -0.4 is 9.47 Å². The van der Waals surface area contributed by atoms with E-state index >= 15 is 0 Å². The van der Waals surface area contributed by atoms with E-state index in [2.05, 4.69) is 68.6 Å². The lowest BCUT2D eigenvalue weighted by Gasteiger charge is -2.03. The van der Waals surface area contributed by atoms with Gasteiger partial charge in [0.1, 0.15) is 34.4 Å². The average molecular weight is 1030 g/mol. The number of methoxy groups -OCH3 is 2. The molecule has 0 amide bonds. The van der Waals surface area contributed by atoms with Crippen molar-refractivity contribution in [2.45, 2.75) is 96.8 Å². The summed E-state index contributed by atoms with van der Waals surface area (Å²) in [6.07, 6.45) is 11.7. The van der Waals surface area contributed by atoms with Crippen molar-refractivity contribution in [3.63, 3.8) is 0 Å². The number of hydrogen-bond acceptors (Lipinski definition) is 14. The number of imidazole rings is 2. The molecule has 19 nitrogen and oxygen atoms in total. The van der Waals surface area contributed by atoms with Crippen LogP contribution in [-0.4, -0.2) is 97.8 Å². The minimum atomic E-state index is 0.301. The number of hydrogen-bond donors (Lipinski definition) is 0. The maximum Gasteiger partial charge on any atom is 0.177 e. The van der Waals surface area contributed by atoms with Crippen molar-refractivity contribution in [2.75, 3.05) is 14.2 Å². The van der Waals surface area contributed by atoms with Gasteiger partial charge in [0, 0.05) is 92.1 Å². The second kappa shape index (κ2) is 18.5. The first-order valence-electron chi connectivity index (χ1n) is 26.2. The van der Waals surface area contributed by atoms with E-state index in [1.807, 2.05) is 116 Å². The van der Waals surface area contributed by atoms with Gasteiger partial charge in [0.15, 0.2) is 34.4 Å². The zero-order valence-corrected chi connectivity index (χ0v) is 44.9. The smallest absolute Gasteiger partial charge is 0.177 e. The molecule has 0 spiro atoms. The maximum absolute atomic E-state index is 5.46. The summed E-state index contributed by atoms with van der Waals surface area (Å²) < 4.78 is 20.9. The van der Waals surface area contributed by atoms with Crippen LogP contribution in [0.1, 0.15) is 118 Å². The third-order valence-corrected chi connectivity index (χ3v) is 15.7. The molecule has 8 aromatic heterocycles. The van der Waals surface area contributed by atoms with E-state index in [4.69, 9.17) is 54.7 Å². The number of para-hydroxylation sites is 2. The fraction of sp³-hybridized carbons (Fsp3) is 0.345. The Bertz CT molecular complexity index is 4030. The summed E-state index contributed by atoms with van der Waals surface area (Å²) in [7, 11) is 7.51. The largest absolute Gasteiger partial charge is 0.494 e. The first kappa shape index (κ1) is 47.9. The minimum absolute atomic E-state index is 0.301. The zero-order chi connectivity index (χ0) is 53.0. The number of aryl methyl sites for hydroxylation is 8. The van der Waals surface area contributed by atoms with Crippen LogP contribution in [0, 0.1) is 47.5 Å². The molecule has 0 radical (unpaired) electrons. The third kappa shape index (κ3) is 8.44. The molecule has 3 saturated carbocycles. The van der Waals surface area contributed by atoms with Gasteiger partial charge in [-0.25, -0.2) is 38.5 Å². The predicted molar refractivity (Wildman–Crippen MR) is 292 cm³/mol. The van der Waals surface area contributed by atoms with Crippen LogP contribution in [0.2, 0.25) is 0 Å². The molecule has 11 aromatic rings. The summed E-state index contributed by atoms with van der Waals surface area (Å²) >= 11 is 0. The highest BCUT2D eigenvalue weighted by Gasteiger charge is 2.48. The SMILES string of the molecule is COc1cccc2c1N=C(C1CC1c1nc3c(C)ncc(C)n3n1)C2.COc1cccc2c1nc(C1CC1c1nc3c(C)ncc(C)n3n1)n2C.Cc1ncc(C)n2nc([C@@H]3C[C@H]3c3nc(-c4ccccc4)cn3C)nc12. The number of nitrogens with zero attached hydrogens (tertiary/aromatic N) is 17. The summed E-state index contributed by atoms with van der Waals surface area (Å²) in [5.74, 6) is 8.68. The van der Waals surface area contributed by atoms with E-state index in [0.29, 0.717) is 35.5 Å². The van der Waals surface area contributed by atoms with E-state index in [9.17, 15) is 0 Å². The Labute approximate surface area is 444 Å². The molecule has 0 N–H and O–H groups in total. The van der Waals surface area contributed by atoms with Crippen molar-refractivity contribution in [3.05, 3.63) is 160 Å². The van der Waals surface area contributed by atoms with Crippen molar-refractivity contribution in [1.82, 2.24) is 77.8 Å². The molecule has 3 aliphatic carbocycles. The lowest BCUT2D eigenvalue weighted by Crippen LogP contribution is -2.03. The van der Waals surface area contributed by atoms with Crippen molar-refractivity contribution < 1.29 is 9.47 Å². The minimum Gasteiger partial charge on any atom is -0.494 e. The molecule has 19 heteroatoms. The van der Waals surface area contributed by atoms with Gasteiger partial charge in [0.05, 0.1) is 59.6 Å². The second-order valence-corrected chi connectivity index (χ2v) is 21.0. The molecule has 6 atom stereocenters. The van der Waals surface area contributed by atoms with Crippen LogP contribution in [0.3, 0.4) is 0 Å². The quantitative estimate of drug-likeness (QED) is 0.133. The van der Waals surface area contributed by atoms with Gasteiger partial charge in [-0.3, -0.25) is 19.9 Å². The zero-order valence-electron chi connectivity index (χ0n) is 44.9. The Morgan fingerprint density at radius 2 is 1.01 bits per heavy atom. The molecular formula is C58H59N17O2. The van der Waals surface area contributed by atoms with Crippen molar-refractivity contribution in [3.8, 4) is 22.8 Å². The van der Waals surface area contributed by atoms with E-state index in [1.54, 1.807) is 14.2 Å². The Morgan fingerprint density at radius 3 is 1.56 bits per heavy atom. The number of fused-ring (bicyclic) bond motifs is 5. The predicted octanol–water partition coefficient (Wildman–Crippen LogP) is 9.50. The molecule has 4 unspecified atom stereocenters.